The molecule has 0 spiro atoms. The van der Waals surface area contributed by atoms with E-state index >= 15 is 0 Å². The van der Waals surface area contributed by atoms with Crippen LogP contribution in [0.5, 0.6) is 5.75 Å². The summed E-state index contributed by atoms with van der Waals surface area (Å²) in [5, 5.41) is 14.9. The Balaban J connectivity index is 1.82. The fraction of sp³-hybridized carbons (Fsp3) is 0.385. The van der Waals surface area contributed by atoms with E-state index in [0.717, 1.165) is 13.1 Å². The number of benzene rings is 1. The molecule has 19 heavy (non-hydrogen) atoms. The summed E-state index contributed by atoms with van der Waals surface area (Å²) in [6, 6.07) is 5.90. The van der Waals surface area contributed by atoms with Gasteiger partial charge in [-0.25, -0.2) is 0 Å². The lowest BCUT2D eigenvalue weighted by molar-refractivity contribution is -0.130. The molecule has 0 bridgehead atoms. The number of rotatable bonds is 3. The predicted molar refractivity (Wildman–Crippen MR) is 69.9 cm³/mol. The van der Waals surface area contributed by atoms with Crippen LogP contribution < -0.4 is 10.6 Å². The molecule has 0 atom stereocenters. The maximum Gasteiger partial charge on any atom is 0.251 e. The highest BCUT2D eigenvalue weighted by molar-refractivity contribution is 5.96. The Kier molecular flexibility index (Phi) is 4.35. The van der Waals surface area contributed by atoms with Crippen LogP contribution in [-0.2, 0) is 4.79 Å². The summed E-state index contributed by atoms with van der Waals surface area (Å²) in [6.45, 7) is 2.93. The Morgan fingerprint density at radius 1 is 1.21 bits per heavy atom. The predicted octanol–water partition coefficient (Wildman–Crippen LogP) is -0.446. The monoisotopic (exact) mass is 263 g/mol. The number of piperazine rings is 1. The molecular weight excluding hydrogens is 246 g/mol. The van der Waals surface area contributed by atoms with Crippen LogP contribution in [0.1, 0.15) is 10.4 Å². The second kappa shape index (κ2) is 6.19. The first-order valence-corrected chi connectivity index (χ1v) is 6.22. The number of aromatic hydroxyl groups is 1. The molecule has 1 saturated heterocycles. The summed E-state index contributed by atoms with van der Waals surface area (Å²) in [4.78, 5) is 25.3. The maximum absolute atomic E-state index is 11.8. The van der Waals surface area contributed by atoms with Gasteiger partial charge in [-0.15, -0.1) is 0 Å². The summed E-state index contributed by atoms with van der Waals surface area (Å²) in [6.07, 6.45) is 0. The number of carbonyl (C=O) groups is 2. The van der Waals surface area contributed by atoms with Gasteiger partial charge in [-0.05, 0) is 24.3 Å². The summed E-state index contributed by atoms with van der Waals surface area (Å²) in [7, 11) is 0. The van der Waals surface area contributed by atoms with Gasteiger partial charge in [0.1, 0.15) is 5.75 Å². The molecule has 0 saturated carbocycles. The van der Waals surface area contributed by atoms with E-state index in [4.69, 9.17) is 5.11 Å². The molecule has 3 N–H and O–H groups in total. The molecule has 0 radical (unpaired) electrons. The van der Waals surface area contributed by atoms with Gasteiger partial charge in [0.15, 0.2) is 0 Å². The average Bonchev–Trinajstić information content (AvgIpc) is 2.46. The van der Waals surface area contributed by atoms with E-state index in [0.29, 0.717) is 18.7 Å². The number of nitrogens with one attached hydrogen (secondary N) is 2. The smallest absolute Gasteiger partial charge is 0.251 e. The quantitative estimate of drug-likeness (QED) is 0.690. The highest BCUT2D eigenvalue weighted by Gasteiger charge is 2.16. The molecule has 0 aliphatic carbocycles. The number of hydrogen-bond acceptors (Lipinski definition) is 4. The van der Waals surface area contributed by atoms with Gasteiger partial charge in [-0.2, -0.15) is 0 Å². The number of hydrogen-bond donors (Lipinski definition) is 3. The zero-order chi connectivity index (χ0) is 13.7. The van der Waals surface area contributed by atoms with E-state index in [1.807, 2.05) is 0 Å². The van der Waals surface area contributed by atoms with Crippen LogP contribution in [0, 0.1) is 0 Å². The van der Waals surface area contributed by atoms with E-state index < -0.39 is 0 Å². The molecule has 1 heterocycles. The third kappa shape index (κ3) is 3.69. The van der Waals surface area contributed by atoms with Crippen molar-refractivity contribution < 1.29 is 14.7 Å². The maximum atomic E-state index is 11.8. The van der Waals surface area contributed by atoms with Crippen molar-refractivity contribution >= 4 is 11.8 Å². The molecule has 6 nitrogen and oxygen atoms in total. The standard InChI is InChI=1S/C13H17N3O3/c17-11-3-1-10(2-4-11)13(19)15-9-12(18)16-7-5-14-6-8-16/h1-4,14,17H,5-9H2,(H,15,19). The van der Waals surface area contributed by atoms with E-state index in [2.05, 4.69) is 10.6 Å². The molecule has 0 aromatic heterocycles. The molecule has 1 aromatic carbocycles. The molecule has 2 rings (SSSR count). The summed E-state index contributed by atoms with van der Waals surface area (Å²) < 4.78 is 0. The van der Waals surface area contributed by atoms with Gasteiger partial charge in [-0.3, -0.25) is 9.59 Å². The van der Waals surface area contributed by atoms with Gasteiger partial charge in [-0.1, -0.05) is 0 Å². The molecule has 2 amide bonds. The highest BCUT2D eigenvalue weighted by atomic mass is 16.3. The third-order valence-electron chi connectivity index (χ3n) is 3.00. The Morgan fingerprint density at radius 2 is 1.84 bits per heavy atom. The van der Waals surface area contributed by atoms with Crippen molar-refractivity contribution in [2.24, 2.45) is 0 Å². The van der Waals surface area contributed by atoms with Gasteiger partial charge in [0.05, 0.1) is 6.54 Å². The zero-order valence-corrected chi connectivity index (χ0v) is 10.6. The van der Waals surface area contributed by atoms with Gasteiger partial charge in [0.25, 0.3) is 5.91 Å². The normalized spacial score (nSPS) is 15.1. The summed E-state index contributed by atoms with van der Waals surface area (Å²) in [5.41, 5.74) is 0.422. The van der Waals surface area contributed by atoms with Crippen LogP contribution >= 0.6 is 0 Å². The lowest BCUT2D eigenvalue weighted by Gasteiger charge is -2.27. The topological polar surface area (TPSA) is 81.7 Å². The van der Waals surface area contributed by atoms with Crippen molar-refractivity contribution in [1.82, 2.24) is 15.5 Å². The van der Waals surface area contributed by atoms with Crippen molar-refractivity contribution in [2.45, 2.75) is 0 Å². The van der Waals surface area contributed by atoms with Crippen LogP contribution in [0.15, 0.2) is 24.3 Å². The molecule has 1 fully saturated rings. The lowest BCUT2D eigenvalue weighted by atomic mass is 10.2. The Morgan fingerprint density at radius 3 is 2.47 bits per heavy atom. The van der Waals surface area contributed by atoms with E-state index in [9.17, 15) is 9.59 Å². The molecule has 1 aliphatic heterocycles. The second-order valence-electron chi connectivity index (χ2n) is 4.36. The van der Waals surface area contributed by atoms with Crippen molar-refractivity contribution in [3.05, 3.63) is 29.8 Å². The van der Waals surface area contributed by atoms with Crippen LogP contribution in [0.3, 0.4) is 0 Å². The highest BCUT2D eigenvalue weighted by Crippen LogP contribution is 2.09. The number of phenols is 1. The van der Waals surface area contributed by atoms with Crippen molar-refractivity contribution in [1.29, 1.82) is 0 Å². The number of nitrogens with zero attached hydrogens (tertiary/aromatic N) is 1. The molecule has 6 heteroatoms. The largest absolute Gasteiger partial charge is 0.508 e. The van der Waals surface area contributed by atoms with Gasteiger partial charge < -0.3 is 20.6 Å². The minimum atomic E-state index is -0.316. The first kappa shape index (κ1) is 13.4. The number of phenolic OH excluding ortho intramolecular Hbond substituents is 1. The summed E-state index contributed by atoms with van der Waals surface area (Å²) >= 11 is 0. The Bertz CT molecular complexity index is 453. The Hall–Kier alpha value is -2.08. The number of carbonyl (C=O) groups excluding carboxylic acids is 2. The first-order valence-electron chi connectivity index (χ1n) is 6.22. The van der Waals surface area contributed by atoms with Gasteiger partial charge in [0, 0.05) is 31.7 Å². The molecular formula is C13H17N3O3. The van der Waals surface area contributed by atoms with E-state index in [-0.39, 0.29) is 24.1 Å². The minimum absolute atomic E-state index is 0.000288. The molecule has 102 valence electrons. The van der Waals surface area contributed by atoms with Crippen LogP contribution in [0.4, 0.5) is 0 Å². The minimum Gasteiger partial charge on any atom is -0.508 e. The fourth-order valence-electron chi connectivity index (χ4n) is 1.90. The first-order chi connectivity index (χ1) is 9.16. The van der Waals surface area contributed by atoms with E-state index in [1.165, 1.54) is 24.3 Å². The second-order valence-corrected chi connectivity index (χ2v) is 4.36. The lowest BCUT2D eigenvalue weighted by Crippen LogP contribution is -2.49. The van der Waals surface area contributed by atoms with Crippen LogP contribution in [0.25, 0.3) is 0 Å². The molecule has 1 aromatic rings. The summed E-state index contributed by atoms with van der Waals surface area (Å²) in [5.74, 6) is -0.287. The third-order valence-corrected chi connectivity index (χ3v) is 3.00. The molecule has 0 unspecified atom stereocenters. The van der Waals surface area contributed by atoms with Gasteiger partial charge in [0.2, 0.25) is 5.91 Å². The zero-order valence-electron chi connectivity index (χ0n) is 10.6. The fourth-order valence-corrected chi connectivity index (χ4v) is 1.90. The van der Waals surface area contributed by atoms with Crippen molar-refractivity contribution in [2.75, 3.05) is 32.7 Å². The molecule has 1 aliphatic rings. The van der Waals surface area contributed by atoms with E-state index in [1.54, 1.807) is 4.90 Å². The van der Waals surface area contributed by atoms with Crippen molar-refractivity contribution in [3.63, 3.8) is 0 Å². The Labute approximate surface area is 111 Å². The van der Waals surface area contributed by atoms with Crippen LogP contribution in [-0.4, -0.2) is 54.5 Å². The van der Waals surface area contributed by atoms with Crippen LogP contribution in [0.2, 0.25) is 0 Å². The van der Waals surface area contributed by atoms with Gasteiger partial charge >= 0.3 is 0 Å². The average molecular weight is 263 g/mol. The SMILES string of the molecule is O=C(NCC(=O)N1CCNCC1)c1ccc(O)cc1. The number of amides is 2. The van der Waals surface area contributed by atoms with Crippen molar-refractivity contribution in [3.8, 4) is 5.75 Å².